The third-order valence-corrected chi connectivity index (χ3v) is 5.59. The summed E-state index contributed by atoms with van der Waals surface area (Å²) < 4.78 is 10.9. The number of esters is 2. The van der Waals surface area contributed by atoms with Gasteiger partial charge in [-0.15, -0.1) is 0 Å². The number of hydroxylamine groups is 2. The van der Waals surface area contributed by atoms with Crippen LogP contribution < -0.4 is 0 Å². The molecule has 0 aromatic carbocycles. The zero-order valence-corrected chi connectivity index (χ0v) is 20.8. The summed E-state index contributed by atoms with van der Waals surface area (Å²) in [5, 5.41) is 2.08. The van der Waals surface area contributed by atoms with Crippen molar-refractivity contribution in [3.05, 3.63) is 0 Å². The van der Waals surface area contributed by atoms with Gasteiger partial charge in [-0.1, -0.05) is 13.8 Å². The van der Waals surface area contributed by atoms with E-state index in [0.717, 1.165) is 12.8 Å². The molecule has 0 aromatic rings. The predicted octanol–water partition coefficient (Wildman–Crippen LogP) is 3.66. The van der Waals surface area contributed by atoms with Gasteiger partial charge in [-0.05, 0) is 61.3 Å². The van der Waals surface area contributed by atoms with Crippen LogP contribution in [0.4, 0.5) is 0 Å². The van der Waals surface area contributed by atoms with Crippen LogP contribution in [0.1, 0.15) is 75.2 Å². The Balaban J connectivity index is 2.88. The fraction of sp³-hybridized carbons (Fsp3) is 0.913. The summed E-state index contributed by atoms with van der Waals surface area (Å²) in [7, 11) is 1.72. The van der Waals surface area contributed by atoms with Crippen molar-refractivity contribution in [2.75, 3.05) is 33.4 Å². The van der Waals surface area contributed by atoms with Crippen molar-refractivity contribution in [3.8, 4) is 0 Å². The molecule has 0 radical (unpaired) electrons. The van der Waals surface area contributed by atoms with Crippen LogP contribution in [0.2, 0.25) is 0 Å². The number of piperidine rings is 1. The maximum atomic E-state index is 12.2. The molecule has 7 heteroatoms. The van der Waals surface area contributed by atoms with Gasteiger partial charge in [-0.2, -0.15) is 5.06 Å². The maximum absolute atomic E-state index is 12.2. The largest absolute Gasteiger partial charge is 0.464 e. The number of ether oxygens (including phenoxy) is 2. The molecule has 7 nitrogen and oxygen atoms in total. The van der Waals surface area contributed by atoms with Gasteiger partial charge in [0.25, 0.3) is 0 Å². The van der Waals surface area contributed by atoms with Crippen LogP contribution in [0.3, 0.4) is 0 Å². The van der Waals surface area contributed by atoms with Gasteiger partial charge < -0.3 is 14.3 Å². The van der Waals surface area contributed by atoms with Crippen molar-refractivity contribution in [3.63, 3.8) is 0 Å². The fourth-order valence-electron chi connectivity index (χ4n) is 4.34. The molecule has 0 N–H and O–H groups in total. The van der Waals surface area contributed by atoms with E-state index in [0.29, 0.717) is 26.3 Å². The van der Waals surface area contributed by atoms with Gasteiger partial charge in [0, 0.05) is 30.2 Å². The van der Waals surface area contributed by atoms with Crippen LogP contribution in [0.15, 0.2) is 0 Å². The highest BCUT2D eigenvalue weighted by Crippen LogP contribution is 2.40. The highest BCUT2D eigenvalue weighted by Gasteiger charge is 2.47. The van der Waals surface area contributed by atoms with Crippen LogP contribution in [0.25, 0.3) is 0 Å². The summed E-state index contributed by atoms with van der Waals surface area (Å²) in [6.45, 7) is 19.8. The molecular formula is C23H44N2O5. The molecule has 0 unspecified atom stereocenters. The lowest BCUT2D eigenvalue weighted by Crippen LogP contribution is -2.64. The van der Waals surface area contributed by atoms with Gasteiger partial charge in [0.2, 0.25) is 0 Å². The molecule has 0 amide bonds. The van der Waals surface area contributed by atoms with Gasteiger partial charge in [0.15, 0.2) is 0 Å². The van der Waals surface area contributed by atoms with Crippen molar-refractivity contribution >= 4 is 11.9 Å². The van der Waals surface area contributed by atoms with Gasteiger partial charge >= 0.3 is 11.9 Å². The van der Waals surface area contributed by atoms with E-state index in [1.807, 2.05) is 34.6 Å². The minimum absolute atomic E-state index is 0.144. The summed E-state index contributed by atoms with van der Waals surface area (Å²) in [6, 6.07) is 0.257. The van der Waals surface area contributed by atoms with Gasteiger partial charge in [-0.3, -0.25) is 14.5 Å². The smallest absolute Gasteiger partial charge is 0.311 e. The monoisotopic (exact) mass is 428 g/mol. The third-order valence-electron chi connectivity index (χ3n) is 5.59. The molecule has 1 aliphatic heterocycles. The van der Waals surface area contributed by atoms with Crippen molar-refractivity contribution < 1.29 is 23.9 Å². The summed E-state index contributed by atoms with van der Waals surface area (Å²) in [4.78, 5) is 32.0. The zero-order chi connectivity index (χ0) is 23.3. The number of carbonyl (C=O) groups is 2. The number of hydrogen-bond donors (Lipinski definition) is 0. The molecule has 0 aromatic heterocycles. The summed E-state index contributed by atoms with van der Waals surface area (Å²) in [5.41, 5.74) is -0.836. The van der Waals surface area contributed by atoms with Crippen LogP contribution in [-0.4, -0.2) is 72.4 Å². The van der Waals surface area contributed by atoms with Crippen LogP contribution in [0.5, 0.6) is 0 Å². The first-order chi connectivity index (χ1) is 13.6. The standard InChI is InChI=1S/C23H44N2O5/c1-17(2)19(26)29-13-11-24(12-14-30-20(27)21(3,4)5)18-15-22(6,7)25(28-10)23(8,9)16-18/h17-18H,11-16H2,1-10H3. The van der Waals surface area contributed by atoms with Crippen molar-refractivity contribution in [2.45, 2.75) is 92.3 Å². The lowest BCUT2D eigenvalue weighted by atomic mass is 9.78. The molecule has 0 aliphatic carbocycles. The third kappa shape index (κ3) is 7.50. The highest BCUT2D eigenvalue weighted by atomic mass is 16.7. The Morgan fingerprint density at radius 1 is 1.00 bits per heavy atom. The Kier molecular flexibility index (Phi) is 9.33. The van der Waals surface area contributed by atoms with E-state index >= 15 is 0 Å². The summed E-state index contributed by atoms with van der Waals surface area (Å²) in [6.07, 6.45) is 1.80. The molecule has 0 bridgehead atoms. The Bertz CT molecular complexity index is 563. The molecule has 0 spiro atoms. The molecule has 1 rings (SSSR count). The Labute approximate surface area is 183 Å². The van der Waals surface area contributed by atoms with Gasteiger partial charge in [-0.25, -0.2) is 0 Å². The quantitative estimate of drug-likeness (QED) is 0.519. The molecule has 176 valence electrons. The first-order valence-corrected chi connectivity index (χ1v) is 11.0. The van der Waals surface area contributed by atoms with Crippen molar-refractivity contribution in [1.29, 1.82) is 0 Å². The average molecular weight is 429 g/mol. The van der Waals surface area contributed by atoms with E-state index in [-0.39, 0.29) is 35.0 Å². The van der Waals surface area contributed by atoms with E-state index in [1.54, 1.807) is 7.11 Å². The lowest BCUT2D eigenvalue weighted by molar-refractivity contribution is -0.272. The van der Waals surface area contributed by atoms with E-state index < -0.39 is 5.41 Å². The Hall–Kier alpha value is -1.18. The molecule has 30 heavy (non-hydrogen) atoms. The van der Waals surface area contributed by atoms with Crippen molar-refractivity contribution in [2.24, 2.45) is 11.3 Å². The average Bonchev–Trinajstić information content (AvgIpc) is 2.57. The molecule has 1 aliphatic rings. The number of carbonyl (C=O) groups excluding carboxylic acids is 2. The number of nitrogens with zero attached hydrogens (tertiary/aromatic N) is 2. The summed E-state index contributed by atoms with van der Waals surface area (Å²) >= 11 is 0. The van der Waals surface area contributed by atoms with E-state index in [4.69, 9.17) is 14.3 Å². The molecule has 1 heterocycles. The highest BCUT2D eigenvalue weighted by molar-refractivity contribution is 5.75. The number of rotatable bonds is 9. The van der Waals surface area contributed by atoms with Gasteiger partial charge in [0.05, 0.1) is 18.4 Å². The second-order valence-electron chi connectivity index (χ2n) is 10.9. The number of hydrogen-bond acceptors (Lipinski definition) is 7. The minimum atomic E-state index is -0.522. The van der Waals surface area contributed by atoms with Crippen molar-refractivity contribution in [1.82, 2.24) is 9.96 Å². The van der Waals surface area contributed by atoms with Crippen LogP contribution in [-0.2, 0) is 23.9 Å². The van der Waals surface area contributed by atoms with E-state index in [1.165, 1.54) is 0 Å². The normalized spacial score (nSPS) is 19.9. The maximum Gasteiger partial charge on any atom is 0.311 e. The SMILES string of the molecule is CON1C(C)(C)CC(N(CCOC(=O)C(C)C)CCOC(=O)C(C)(C)C)CC1(C)C. The first-order valence-electron chi connectivity index (χ1n) is 11.0. The predicted molar refractivity (Wildman–Crippen MR) is 118 cm³/mol. The topological polar surface area (TPSA) is 68.3 Å². The first kappa shape index (κ1) is 26.9. The zero-order valence-electron chi connectivity index (χ0n) is 20.8. The van der Waals surface area contributed by atoms with E-state index in [9.17, 15) is 9.59 Å². The molecular weight excluding hydrogens is 384 g/mol. The minimum Gasteiger partial charge on any atom is -0.464 e. The lowest BCUT2D eigenvalue weighted by Gasteiger charge is -2.55. The molecule has 1 fully saturated rings. The molecule has 0 saturated carbocycles. The second kappa shape index (κ2) is 10.4. The van der Waals surface area contributed by atoms with E-state index in [2.05, 4.69) is 37.7 Å². The Morgan fingerprint density at radius 2 is 1.47 bits per heavy atom. The summed E-state index contributed by atoms with van der Waals surface area (Å²) in [5.74, 6) is -0.540. The van der Waals surface area contributed by atoms with Crippen LogP contribution >= 0.6 is 0 Å². The van der Waals surface area contributed by atoms with Gasteiger partial charge in [0.1, 0.15) is 13.2 Å². The van der Waals surface area contributed by atoms with Crippen LogP contribution in [0, 0.1) is 11.3 Å². The molecule has 0 atom stereocenters. The Morgan fingerprint density at radius 3 is 1.87 bits per heavy atom. The fourth-order valence-corrected chi connectivity index (χ4v) is 4.34. The molecule has 1 saturated heterocycles. The second-order valence-corrected chi connectivity index (χ2v) is 10.9.